The first-order chi connectivity index (χ1) is 5.86. The molecule has 0 radical (unpaired) electrons. The second-order valence-corrected chi connectivity index (χ2v) is 2.17. The van der Waals surface area contributed by atoms with Gasteiger partial charge in [0.15, 0.2) is 0 Å². The van der Waals surface area contributed by atoms with Gasteiger partial charge in [0.1, 0.15) is 18.1 Å². The van der Waals surface area contributed by atoms with E-state index in [0.717, 1.165) is 11.5 Å². The van der Waals surface area contributed by atoms with Crippen molar-refractivity contribution in [2.75, 3.05) is 13.7 Å². The zero-order valence-electron chi connectivity index (χ0n) is 6.91. The van der Waals surface area contributed by atoms with E-state index in [1.807, 2.05) is 24.3 Å². The number of ether oxygens (including phenoxy) is 2. The largest absolute Gasteiger partial charge is 0.497 e. The summed E-state index contributed by atoms with van der Waals surface area (Å²) in [4.78, 5) is 0. The van der Waals surface area contributed by atoms with Crippen LogP contribution in [0.15, 0.2) is 24.3 Å². The molecule has 1 aromatic carbocycles. The summed E-state index contributed by atoms with van der Waals surface area (Å²) in [5.74, 6) is 3.96. The highest BCUT2D eigenvalue weighted by atomic mass is 16.5. The highest BCUT2D eigenvalue weighted by Crippen LogP contribution is 2.16. The molecule has 0 heterocycles. The first kappa shape index (κ1) is 8.48. The van der Waals surface area contributed by atoms with Crippen LogP contribution in [-0.2, 0) is 0 Å². The zero-order chi connectivity index (χ0) is 8.81. The Morgan fingerprint density at radius 1 is 1.25 bits per heavy atom. The molecule has 0 atom stereocenters. The SMILES string of the molecule is C#CCOc1ccc(OC)cc1. The van der Waals surface area contributed by atoms with Gasteiger partial charge in [0.2, 0.25) is 0 Å². The van der Waals surface area contributed by atoms with Crippen molar-refractivity contribution in [1.29, 1.82) is 0 Å². The average molecular weight is 162 g/mol. The van der Waals surface area contributed by atoms with Crippen molar-refractivity contribution in [3.63, 3.8) is 0 Å². The third-order valence-corrected chi connectivity index (χ3v) is 1.38. The molecule has 0 saturated heterocycles. The minimum Gasteiger partial charge on any atom is -0.497 e. The first-order valence-electron chi connectivity index (χ1n) is 3.57. The van der Waals surface area contributed by atoms with Crippen molar-refractivity contribution in [2.24, 2.45) is 0 Å². The molecule has 0 spiro atoms. The fourth-order valence-corrected chi connectivity index (χ4v) is 0.797. The van der Waals surface area contributed by atoms with E-state index in [-0.39, 0.29) is 0 Å². The van der Waals surface area contributed by atoms with E-state index in [2.05, 4.69) is 5.92 Å². The van der Waals surface area contributed by atoms with Gasteiger partial charge in [-0.25, -0.2) is 0 Å². The fraction of sp³-hybridized carbons (Fsp3) is 0.200. The second kappa shape index (κ2) is 4.30. The number of terminal acetylenes is 1. The molecule has 0 N–H and O–H groups in total. The molecule has 0 aliphatic heterocycles. The molecule has 0 aliphatic carbocycles. The molecule has 2 heteroatoms. The van der Waals surface area contributed by atoms with E-state index in [4.69, 9.17) is 15.9 Å². The van der Waals surface area contributed by atoms with Crippen LogP contribution in [-0.4, -0.2) is 13.7 Å². The molecule has 1 rings (SSSR count). The maximum Gasteiger partial charge on any atom is 0.148 e. The third kappa shape index (κ3) is 2.21. The van der Waals surface area contributed by atoms with Gasteiger partial charge >= 0.3 is 0 Å². The van der Waals surface area contributed by atoms with Crippen molar-refractivity contribution in [2.45, 2.75) is 0 Å². The Hall–Kier alpha value is -1.62. The average Bonchev–Trinajstić information content (AvgIpc) is 2.15. The Balaban J connectivity index is 2.60. The second-order valence-electron chi connectivity index (χ2n) is 2.17. The van der Waals surface area contributed by atoms with Crippen LogP contribution in [0, 0.1) is 12.3 Å². The molecule has 0 amide bonds. The van der Waals surface area contributed by atoms with Gasteiger partial charge in [0.05, 0.1) is 7.11 Å². The van der Waals surface area contributed by atoms with Crippen LogP contribution in [0.2, 0.25) is 0 Å². The Labute approximate surface area is 72.1 Å². The van der Waals surface area contributed by atoms with Gasteiger partial charge < -0.3 is 9.47 Å². The molecule has 12 heavy (non-hydrogen) atoms. The summed E-state index contributed by atoms with van der Waals surface area (Å²) in [5, 5.41) is 0. The Morgan fingerprint density at radius 2 is 1.83 bits per heavy atom. The molecule has 0 unspecified atom stereocenters. The summed E-state index contributed by atoms with van der Waals surface area (Å²) >= 11 is 0. The van der Waals surface area contributed by atoms with E-state index in [0.29, 0.717) is 6.61 Å². The monoisotopic (exact) mass is 162 g/mol. The van der Waals surface area contributed by atoms with Crippen LogP contribution >= 0.6 is 0 Å². The van der Waals surface area contributed by atoms with Crippen LogP contribution in [0.5, 0.6) is 11.5 Å². The number of rotatable bonds is 3. The summed E-state index contributed by atoms with van der Waals surface area (Å²) in [6, 6.07) is 7.28. The van der Waals surface area contributed by atoms with Crippen LogP contribution < -0.4 is 9.47 Å². The number of benzene rings is 1. The topological polar surface area (TPSA) is 18.5 Å². The van der Waals surface area contributed by atoms with E-state index in [1.165, 1.54) is 0 Å². The van der Waals surface area contributed by atoms with Gasteiger partial charge in [-0.05, 0) is 24.3 Å². The van der Waals surface area contributed by atoms with Crippen molar-refractivity contribution >= 4 is 0 Å². The molecular weight excluding hydrogens is 152 g/mol. The maximum absolute atomic E-state index is 5.16. The lowest BCUT2D eigenvalue weighted by atomic mass is 10.3. The maximum atomic E-state index is 5.16. The molecule has 0 fully saturated rings. The van der Waals surface area contributed by atoms with Crippen LogP contribution in [0.25, 0.3) is 0 Å². The summed E-state index contributed by atoms with van der Waals surface area (Å²) in [6.07, 6.45) is 5.03. The molecule has 2 nitrogen and oxygen atoms in total. The molecule has 1 aromatic rings. The predicted molar refractivity (Wildman–Crippen MR) is 47.3 cm³/mol. The third-order valence-electron chi connectivity index (χ3n) is 1.38. The highest BCUT2D eigenvalue weighted by Gasteiger charge is 1.92. The van der Waals surface area contributed by atoms with Gasteiger partial charge in [-0.1, -0.05) is 5.92 Å². The first-order valence-corrected chi connectivity index (χ1v) is 3.57. The van der Waals surface area contributed by atoms with Gasteiger partial charge in [0, 0.05) is 0 Å². The van der Waals surface area contributed by atoms with E-state index in [9.17, 15) is 0 Å². The van der Waals surface area contributed by atoms with E-state index < -0.39 is 0 Å². The Bertz CT molecular complexity index is 269. The molecule has 62 valence electrons. The van der Waals surface area contributed by atoms with Crippen LogP contribution in [0.4, 0.5) is 0 Å². The van der Waals surface area contributed by atoms with Gasteiger partial charge in [-0.3, -0.25) is 0 Å². The molecule has 0 saturated carbocycles. The number of hydrogen-bond acceptors (Lipinski definition) is 2. The number of hydrogen-bond donors (Lipinski definition) is 0. The molecule has 0 aromatic heterocycles. The predicted octanol–water partition coefficient (Wildman–Crippen LogP) is 1.71. The Kier molecular flexibility index (Phi) is 3.04. The summed E-state index contributed by atoms with van der Waals surface area (Å²) in [6.45, 7) is 0.298. The van der Waals surface area contributed by atoms with E-state index in [1.54, 1.807) is 7.11 Å². The van der Waals surface area contributed by atoms with E-state index >= 15 is 0 Å². The lowest BCUT2D eigenvalue weighted by Crippen LogP contribution is -1.92. The molecule has 0 bridgehead atoms. The smallest absolute Gasteiger partial charge is 0.148 e. The highest BCUT2D eigenvalue weighted by molar-refractivity contribution is 5.31. The standard InChI is InChI=1S/C10H10O2/c1-3-8-12-10-6-4-9(11-2)5-7-10/h1,4-7H,8H2,2H3. The normalized spacial score (nSPS) is 8.67. The van der Waals surface area contributed by atoms with Crippen molar-refractivity contribution in [3.8, 4) is 23.8 Å². The van der Waals surface area contributed by atoms with Crippen LogP contribution in [0.1, 0.15) is 0 Å². The van der Waals surface area contributed by atoms with Crippen LogP contribution in [0.3, 0.4) is 0 Å². The van der Waals surface area contributed by atoms with Crippen molar-refractivity contribution < 1.29 is 9.47 Å². The molecule has 0 aliphatic rings. The number of methoxy groups -OCH3 is 1. The minimum atomic E-state index is 0.298. The fourth-order valence-electron chi connectivity index (χ4n) is 0.797. The quantitative estimate of drug-likeness (QED) is 0.630. The summed E-state index contributed by atoms with van der Waals surface area (Å²) < 4.78 is 10.1. The summed E-state index contributed by atoms with van der Waals surface area (Å²) in [7, 11) is 1.62. The summed E-state index contributed by atoms with van der Waals surface area (Å²) in [5.41, 5.74) is 0. The van der Waals surface area contributed by atoms with Crippen molar-refractivity contribution in [1.82, 2.24) is 0 Å². The van der Waals surface area contributed by atoms with Gasteiger partial charge in [-0.2, -0.15) is 0 Å². The van der Waals surface area contributed by atoms with Crippen molar-refractivity contribution in [3.05, 3.63) is 24.3 Å². The Morgan fingerprint density at radius 3 is 2.33 bits per heavy atom. The molecular formula is C10H10O2. The van der Waals surface area contributed by atoms with Gasteiger partial charge in [0.25, 0.3) is 0 Å². The lowest BCUT2D eigenvalue weighted by molar-refractivity contribution is 0.368. The lowest BCUT2D eigenvalue weighted by Gasteiger charge is -2.02. The van der Waals surface area contributed by atoms with Gasteiger partial charge in [-0.15, -0.1) is 6.42 Å². The zero-order valence-corrected chi connectivity index (χ0v) is 6.91. The minimum absolute atomic E-state index is 0.298.